The Bertz CT molecular complexity index is 514. The summed E-state index contributed by atoms with van der Waals surface area (Å²) in [6, 6.07) is 9.37. The van der Waals surface area contributed by atoms with E-state index in [1.807, 2.05) is 30.3 Å². The van der Waals surface area contributed by atoms with E-state index in [1.54, 1.807) is 11.1 Å². The van der Waals surface area contributed by atoms with Crippen LogP contribution >= 0.6 is 0 Å². The normalized spacial score (nSPS) is 13.5. The first-order valence-electron chi connectivity index (χ1n) is 5.45. The summed E-state index contributed by atoms with van der Waals surface area (Å²) < 4.78 is 0. The largest absolute Gasteiger partial charge is 0.322 e. The number of carbonyl (C=O) groups is 1. The van der Waals surface area contributed by atoms with Crippen molar-refractivity contribution in [2.24, 2.45) is 0 Å². The molecular formula is C12H12N4O. The maximum atomic E-state index is 12.0. The summed E-state index contributed by atoms with van der Waals surface area (Å²) in [5.41, 5.74) is 2.92. The minimum absolute atomic E-state index is 0.0826. The summed E-state index contributed by atoms with van der Waals surface area (Å²) >= 11 is 0. The van der Waals surface area contributed by atoms with Gasteiger partial charge in [0, 0.05) is 11.3 Å². The molecular weight excluding hydrogens is 216 g/mol. The van der Waals surface area contributed by atoms with Crippen molar-refractivity contribution in [2.45, 2.75) is 13.1 Å². The lowest BCUT2D eigenvalue weighted by molar-refractivity contribution is 0.212. The van der Waals surface area contributed by atoms with Crippen LogP contribution < -0.4 is 5.32 Å². The van der Waals surface area contributed by atoms with Gasteiger partial charge in [0.05, 0.1) is 25.0 Å². The summed E-state index contributed by atoms with van der Waals surface area (Å²) in [5.74, 6) is 0. The molecule has 2 amide bonds. The number of nitrogens with one attached hydrogen (secondary N) is 2. The Hall–Kier alpha value is -2.30. The van der Waals surface area contributed by atoms with Crippen molar-refractivity contribution >= 4 is 11.7 Å². The monoisotopic (exact) mass is 228 g/mol. The van der Waals surface area contributed by atoms with E-state index in [1.165, 1.54) is 0 Å². The minimum Gasteiger partial charge on any atom is -0.314 e. The first-order valence-corrected chi connectivity index (χ1v) is 5.45. The molecule has 0 radical (unpaired) electrons. The van der Waals surface area contributed by atoms with Gasteiger partial charge in [-0.25, -0.2) is 4.79 Å². The average molecular weight is 228 g/mol. The van der Waals surface area contributed by atoms with Crippen LogP contribution in [0.5, 0.6) is 0 Å². The van der Waals surface area contributed by atoms with Crippen LogP contribution in [0, 0.1) is 0 Å². The number of carbonyl (C=O) groups excluding carboxylic acids is 1. The number of amides is 2. The van der Waals surface area contributed by atoms with Gasteiger partial charge < -0.3 is 10.2 Å². The van der Waals surface area contributed by atoms with Gasteiger partial charge in [-0.05, 0) is 12.1 Å². The Balaban J connectivity index is 1.67. The van der Waals surface area contributed by atoms with Gasteiger partial charge in [0.15, 0.2) is 0 Å². The highest BCUT2D eigenvalue weighted by molar-refractivity contribution is 5.89. The molecule has 17 heavy (non-hydrogen) atoms. The lowest BCUT2D eigenvalue weighted by Crippen LogP contribution is -2.30. The molecule has 1 aromatic heterocycles. The van der Waals surface area contributed by atoms with Crippen molar-refractivity contribution in [3.63, 3.8) is 0 Å². The summed E-state index contributed by atoms with van der Waals surface area (Å²) in [7, 11) is 0. The van der Waals surface area contributed by atoms with E-state index >= 15 is 0 Å². The summed E-state index contributed by atoms with van der Waals surface area (Å²) in [5, 5.41) is 9.69. The number of rotatable bonds is 1. The van der Waals surface area contributed by atoms with Crippen molar-refractivity contribution in [3.05, 3.63) is 47.8 Å². The van der Waals surface area contributed by atoms with E-state index in [-0.39, 0.29) is 6.03 Å². The van der Waals surface area contributed by atoms with Crippen molar-refractivity contribution in [3.8, 4) is 0 Å². The number of para-hydroxylation sites is 1. The van der Waals surface area contributed by atoms with Crippen molar-refractivity contribution in [1.82, 2.24) is 15.1 Å². The summed E-state index contributed by atoms with van der Waals surface area (Å²) in [6.45, 7) is 1.21. The minimum atomic E-state index is -0.0826. The number of anilines is 1. The molecule has 2 aromatic rings. The van der Waals surface area contributed by atoms with Crippen LogP contribution in [-0.4, -0.2) is 21.1 Å². The molecule has 0 fully saturated rings. The first-order chi connectivity index (χ1) is 8.33. The van der Waals surface area contributed by atoms with Gasteiger partial charge in [0.1, 0.15) is 0 Å². The lowest BCUT2D eigenvalue weighted by Gasteiger charge is -2.16. The van der Waals surface area contributed by atoms with Crippen LogP contribution in [0.1, 0.15) is 11.3 Å². The zero-order chi connectivity index (χ0) is 11.7. The van der Waals surface area contributed by atoms with E-state index in [2.05, 4.69) is 15.5 Å². The third kappa shape index (κ3) is 1.87. The van der Waals surface area contributed by atoms with Gasteiger partial charge in [-0.3, -0.25) is 5.10 Å². The number of H-pyrrole nitrogens is 1. The van der Waals surface area contributed by atoms with Gasteiger partial charge in [-0.2, -0.15) is 5.10 Å². The van der Waals surface area contributed by atoms with Crippen LogP contribution in [0.15, 0.2) is 36.5 Å². The number of hydrogen-bond donors (Lipinski definition) is 2. The maximum absolute atomic E-state index is 12.0. The molecule has 5 nitrogen and oxygen atoms in total. The fourth-order valence-electron chi connectivity index (χ4n) is 1.93. The smallest absolute Gasteiger partial charge is 0.314 e. The average Bonchev–Trinajstić information content (AvgIpc) is 2.90. The molecule has 5 heteroatoms. The number of aromatic nitrogens is 2. The maximum Gasteiger partial charge on any atom is 0.322 e. The number of urea groups is 1. The molecule has 0 atom stereocenters. The molecule has 2 N–H and O–H groups in total. The molecule has 1 aliphatic heterocycles. The lowest BCUT2D eigenvalue weighted by atomic mass is 10.3. The zero-order valence-electron chi connectivity index (χ0n) is 9.18. The molecule has 1 aromatic carbocycles. The van der Waals surface area contributed by atoms with Crippen LogP contribution in [-0.2, 0) is 13.1 Å². The fourth-order valence-corrected chi connectivity index (χ4v) is 1.93. The van der Waals surface area contributed by atoms with Gasteiger partial charge in [-0.15, -0.1) is 0 Å². The van der Waals surface area contributed by atoms with Crippen LogP contribution in [0.4, 0.5) is 10.5 Å². The highest BCUT2D eigenvalue weighted by Gasteiger charge is 2.24. The summed E-state index contributed by atoms with van der Waals surface area (Å²) in [4.78, 5) is 13.7. The van der Waals surface area contributed by atoms with Gasteiger partial charge in [-0.1, -0.05) is 18.2 Å². The Morgan fingerprint density at radius 3 is 2.88 bits per heavy atom. The Kier molecular flexibility index (Phi) is 2.29. The van der Waals surface area contributed by atoms with E-state index in [0.29, 0.717) is 13.1 Å². The molecule has 0 saturated carbocycles. The highest BCUT2D eigenvalue weighted by atomic mass is 16.2. The molecule has 1 aliphatic rings. The second-order valence-electron chi connectivity index (χ2n) is 4.03. The fraction of sp³-hybridized carbons (Fsp3) is 0.167. The molecule has 0 saturated heterocycles. The van der Waals surface area contributed by atoms with Crippen molar-refractivity contribution in [1.29, 1.82) is 0 Å². The predicted molar refractivity (Wildman–Crippen MR) is 63.3 cm³/mol. The third-order valence-corrected chi connectivity index (χ3v) is 2.83. The second kappa shape index (κ2) is 3.93. The quantitative estimate of drug-likeness (QED) is 0.783. The van der Waals surface area contributed by atoms with Gasteiger partial charge in [0.2, 0.25) is 0 Å². The Labute approximate surface area is 98.4 Å². The number of benzene rings is 1. The molecule has 2 heterocycles. The van der Waals surface area contributed by atoms with Crippen LogP contribution in [0.2, 0.25) is 0 Å². The highest BCUT2D eigenvalue weighted by Crippen LogP contribution is 2.20. The van der Waals surface area contributed by atoms with Crippen LogP contribution in [0.3, 0.4) is 0 Å². The molecule has 0 unspecified atom stereocenters. The third-order valence-electron chi connectivity index (χ3n) is 2.83. The number of fused-ring (bicyclic) bond motifs is 1. The number of nitrogens with zero attached hydrogens (tertiary/aromatic N) is 2. The van der Waals surface area contributed by atoms with Crippen molar-refractivity contribution < 1.29 is 4.79 Å². The molecule has 3 rings (SSSR count). The summed E-state index contributed by atoms with van der Waals surface area (Å²) in [6.07, 6.45) is 1.77. The SMILES string of the molecule is O=C(Nc1ccccc1)N1Cc2cn[nH]c2C1. The van der Waals surface area contributed by atoms with E-state index in [0.717, 1.165) is 16.9 Å². The van der Waals surface area contributed by atoms with Gasteiger partial charge >= 0.3 is 6.03 Å². The second-order valence-corrected chi connectivity index (χ2v) is 4.03. The van der Waals surface area contributed by atoms with E-state index < -0.39 is 0 Å². The predicted octanol–water partition coefficient (Wildman–Crippen LogP) is 1.96. The molecule has 0 aliphatic carbocycles. The molecule has 86 valence electrons. The number of hydrogen-bond acceptors (Lipinski definition) is 2. The van der Waals surface area contributed by atoms with Gasteiger partial charge in [0.25, 0.3) is 0 Å². The van der Waals surface area contributed by atoms with E-state index in [9.17, 15) is 4.79 Å². The standard InChI is InChI=1S/C12H12N4O/c17-12(14-10-4-2-1-3-5-10)16-7-9-6-13-15-11(9)8-16/h1-6H,7-8H2,(H,13,15)(H,14,17). The topological polar surface area (TPSA) is 61.0 Å². The Morgan fingerprint density at radius 1 is 1.29 bits per heavy atom. The molecule has 0 spiro atoms. The first kappa shape index (κ1) is 9.89. The van der Waals surface area contributed by atoms with Crippen LogP contribution in [0.25, 0.3) is 0 Å². The van der Waals surface area contributed by atoms with E-state index in [4.69, 9.17) is 0 Å². The Morgan fingerprint density at radius 2 is 2.12 bits per heavy atom. The van der Waals surface area contributed by atoms with Crippen molar-refractivity contribution in [2.75, 3.05) is 5.32 Å². The zero-order valence-corrected chi connectivity index (χ0v) is 9.18. The number of aromatic amines is 1. The molecule has 0 bridgehead atoms.